The van der Waals surface area contributed by atoms with Gasteiger partial charge in [0, 0.05) is 13.2 Å². The summed E-state index contributed by atoms with van der Waals surface area (Å²) >= 11 is 0. The fourth-order valence-electron chi connectivity index (χ4n) is 1.72. The summed E-state index contributed by atoms with van der Waals surface area (Å²) in [5.74, 6) is -0.920. The lowest BCUT2D eigenvalue weighted by Crippen LogP contribution is -2.45. The SMILES string of the molecule is CC[C@@H]1OCC[C@H]1NC(=O)NCCC(=O)O. The van der Waals surface area contributed by atoms with Crippen molar-refractivity contribution >= 4 is 12.0 Å². The van der Waals surface area contributed by atoms with Crippen LogP contribution in [0.5, 0.6) is 0 Å². The minimum absolute atomic E-state index is 0.0369. The van der Waals surface area contributed by atoms with Crippen molar-refractivity contribution in [3.8, 4) is 0 Å². The van der Waals surface area contributed by atoms with Gasteiger partial charge < -0.3 is 20.5 Å². The second-order valence-corrected chi connectivity index (χ2v) is 3.76. The molecule has 1 fully saturated rings. The second-order valence-electron chi connectivity index (χ2n) is 3.76. The van der Waals surface area contributed by atoms with Crippen LogP contribution in [-0.4, -0.2) is 42.4 Å². The molecule has 1 aliphatic rings. The van der Waals surface area contributed by atoms with Gasteiger partial charge in [0.2, 0.25) is 0 Å². The van der Waals surface area contributed by atoms with E-state index in [2.05, 4.69) is 10.6 Å². The van der Waals surface area contributed by atoms with E-state index in [0.717, 1.165) is 12.8 Å². The minimum Gasteiger partial charge on any atom is -0.481 e. The Morgan fingerprint density at radius 3 is 2.88 bits per heavy atom. The number of amides is 2. The summed E-state index contributed by atoms with van der Waals surface area (Å²) in [5, 5.41) is 13.7. The van der Waals surface area contributed by atoms with Crippen LogP contribution in [0, 0.1) is 0 Å². The zero-order chi connectivity index (χ0) is 12.0. The molecule has 1 saturated heterocycles. The Labute approximate surface area is 94.3 Å². The Hall–Kier alpha value is -1.30. The summed E-state index contributed by atoms with van der Waals surface area (Å²) in [6, 6.07) is -0.287. The molecular formula is C10H18N2O4. The number of hydrogen-bond acceptors (Lipinski definition) is 3. The van der Waals surface area contributed by atoms with Crippen molar-refractivity contribution in [2.75, 3.05) is 13.2 Å². The molecule has 0 aromatic rings. The molecule has 1 heterocycles. The molecule has 3 N–H and O–H groups in total. The second kappa shape index (κ2) is 6.32. The molecule has 2 atom stereocenters. The summed E-state index contributed by atoms with van der Waals surface area (Å²) in [7, 11) is 0. The van der Waals surface area contributed by atoms with Crippen LogP contribution in [0.2, 0.25) is 0 Å². The van der Waals surface area contributed by atoms with Crippen LogP contribution in [0.3, 0.4) is 0 Å². The molecule has 0 unspecified atom stereocenters. The number of aliphatic carboxylic acids is 1. The van der Waals surface area contributed by atoms with E-state index in [-0.39, 0.29) is 31.1 Å². The van der Waals surface area contributed by atoms with Gasteiger partial charge in [0.1, 0.15) is 0 Å². The molecule has 0 saturated carbocycles. The fourth-order valence-corrected chi connectivity index (χ4v) is 1.72. The van der Waals surface area contributed by atoms with Crippen LogP contribution in [0.25, 0.3) is 0 Å². The third-order valence-corrected chi connectivity index (χ3v) is 2.55. The number of carbonyl (C=O) groups is 2. The summed E-state index contributed by atoms with van der Waals surface area (Å²) in [6.07, 6.45) is 1.68. The maximum Gasteiger partial charge on any atom is 0.315 e. The molecule has 0 spiro atoms. The molecule has 0 aromatic heterocycles. The van der Waals surface area contributed by atoms with Crippen molar-refractivity contribution in [2.24, 2.45) is 0 Å². The van der Waals surface area contributed by atoms with Gasteiger partial charge in [0.05, 0.1) is 18.6 Å². The van der Waals surface area contributed by atoms with Gasteiger partial charge in [-0.1, -0.05) is 6.92 Å². The largest absolute Gasteiger partial charge is 0.481 e. The quantitative estimate of drug-likeness (QED) is 0.635. The fraction of sp³-hybridized carbons (Fsp3) is 0.800. The zero-order valence-corrected chi connectivity index (χ0v) is 9.36. The van der Waals surface area contributed by atoms with Crippen molar-refractivity contribution in [1.82, 2.24) is 10.6 Å². The Morgan fingerprint density at radius 1 is 1.50 bits per heavy atom. The highest BCUT2D eigenvalue weighted by Crippen LogP contribution is 2.15. The number of carboxylic acids is 1. The molecule has 16 heavy (non-hydrogen) atoms. The normalized spacial score (nSPS) is 24.1. The van der Waals surface area contributed by atoms with Crippen LogP contribution in [0.1, 0.15) is 26.2 Å². The number of hydrogen-bond donors (Lipinski definition) is 3. The first-order valence-corrected chi connectivity index (χ1v) is 5.51. The van der Waals surface area contributed by atoms with E-state index in [1.165, 1.54) is 0 Å². The van der Waals surface area contributed by atoms with Crippen LogP contribution < -0.4 is 10.6 Å². The first kappa shape index (κ1) is 12.8. The van der Waals surface area contributed by atoms with Gasteiger partial charge in [0.25, 0.3) is 0 Å². The van der Waals surface area contributed by atoms with Crippen LogP contribution in [0.15, 0.2) is 0 Å². The molecule has 6 nitrogen and oxygen atoms in total. The van der Waals surface area contributed by atoms with Crippen LogP contribution in [0.4, 0.5) is 4.79 Å². The number of nitrogens with one attached hydrogen (secondary N) is 2. The Kier molecular flexibility index (Phi) is 5.04. The number of rotatable bonds is 5. The molecule has 6 heteroatoms. The average Bonchev–Trinajstić information content (AvgIpc) is 2.64. The molecule has 1 aliphatic heterocycles. The van der Waals surface area contributed by atoms with E-state index in [4.69, 9.17) is 9.84 Å². The first-order chi connectivity index (χ1) is 7.63. The number of ether oxygens (including phenoxy) is 1. The highest BCUT2D eigenvalue weighted by Gasteiger charge is 2.27. The number of carbonyl (C=O) groups excluding carboxylic acids is 1. The van der Waals surface area contributed by atoms with E-state index in [1.807, 2.05) is 6.92 Å². The third-order valence-electron chi connectivity index (χ3n) is 2.55. The summed E-state index contributed by atoms with van der Waals surface area (Å²) in [4.78, 5) is 21.6. The summed E-state index contributed by atoms with van der Waals surface area (Å²) in [5.41, 5.74) is 0. The Morgan fingerprint density at radius 2 is 2.25 bits per heavy atom. The average molecular weight is 230 g/mol. The predicted molar refractivity (Wildman–Crippen MR) is 57.2 cm³/mol. The van der Waals surface area contributed by atoms with Crippen molar-refractivity contribution in [3.05, 3.63) is 0 Å². The van der Waals surface area contributed by atoms with E-state index >= 15 is 0 Å². The van der Waals surface area contributed by atoms with Gasteiger partial charge in [-0.15, -0.1) is 0 Å². The van der Waals surface area contributed by atoms with E-state index < -0.39 is 5.97 Å². The molecular weight excluding hydrogens is 212 g/mol. The predicted octanol–water partition coefficient (Wildman–Crippen LogP) is 0.328. The Balaban J connectivity index is 2.20. The summed E-state index contributed by atoms with van der Waals surface area (Å²) in [6.45, 7) is 2.82. The highest BCUT2D eigenvalue weighted by molar-refractivity contribution is 5.75. The Bertz CT molecular complexity index is 257. The van der Waals surface area contributed by atoms with Crippen LogP contribution >= 0.6 is 0 Å². The number of carboxylic acid groups (broad SMARTS) is 1. The molecule has 0 aliphatic carbocycles. The highest BCUT2D eigenvalue weighted by atomic mass is 16.5. The van der Waals surface area contributed by atoms with E-state index in [1.54, 1.807) is 0 Å². The van der Waals surface area contributed by atoms with Crippen molar-refractivity contribution in [3.63, 3.8) is 0 Å². The molecule has 0 radical (unpaired) electrons. The van der Waals surface area contributed by atoms with E-state index in [9.17, 15) is 9.59 Å². The molecule has 0 bridgehead atoms. The summed E-state index contributed by atoms with van der Waals surface area (Å²) < 4.78 is 5.42. The maximum absolute atomic E-state index is 11.4. The van der Waals surface area contributed by atoms with Crippen molar-refractivity contribution in [2.45, 2.75) is 38.3 Å². The number of urea groups is 1. The standard InChI is InChI=1S/C10H18N2O4/c1-2-8-7(4-6-16-8)12-10(15)11-5-3-9(13)14/h7-8H,2-6H2,1H3,(H,13,14)(H2,11,12,15)/t7-,8+/m1/s1. The van der Waals surface area contributed by atoms with Gasteiger partial charge in [0.15, 0.2) is 0 Å². The smallest absolute Gasteiger partial charge is 0.315 e. The van der Waals surface area contributed by atoms with Gasteiger partial charge in [-0.2, -0.15) is 0 Å². The van der Waals surface area contributed by atoms with Gasteiger partial charge >= 0.3 is 12.0 Å². The lowest BCUT2D eigenvalue weighted by atomic mass is 10.1. The molecule has 92 valence electrons. The van der Waals surface area contributed by atoms with Crippen molar-refractivity contribution < 1.29 is 19.4 Å². The molecule has 0 aromatic carbocycles. The van der Waals surface area contributed by atoms with Gasteiger partial charge in [-0.05, 0) is 12.8 Å². The van der Waals surface area contributed by atoms with Gasteiger partial charge in [-0.25, -0.2) is 4.79 Å². The van der Waals surface area contributed by atoms with E-state index in [0.29, 0.717) is 6.61 Å². The van der Waals surface area contributed by atoms with Gasteiger partial charge in [-0.3, -0.25) is 4.79 Å². The van der Waals surface area contributed by atoms with Crippen molar-refractivity contribution in [1.29, 1.82) is 0 Å². The minimum atomic E-state index is -0.920. The lowest BCUT2D eigenvalue weighted by molar-refractivity contribution is -0.136. The molecule has 1 rings (SSSR count). The first-order valence-electron chi connectivity index (χ1n) is 5.51. The topological polar surface area (TPSA) is 87.7 Å². The van der Waals surface area contributed by atoms with Crippen LogP contribution in [-0.2, 0) is 9.53 Å². The maximum atomic E-state index is 11.4. The monoisotopic (exact) mass is 230 g/mol. The third kappa shape index (κ3) is 4.06. The lowest BCUT2D eigenvalue weighted by Gasteiger charge is -2.18. The molecule has 2 amide bonds. The zero-order valence-electron chi connectivity index (χ0n) is 9.36.